The van der Waals surface area contributed by atoms with E-state index in [9.17, 15) is 9.59 Å². The van der Waals surface area contributed by atoms with E-state index in [0.717, 1.165) is 38.6 Å². The van der Waals surface area contributed by atoms with E-state index < -0.39 is 0 Å². The maximum atomic E-state index is 12.0. The summed E-state index contributed by atoms with van der Waals surface area (Å²) < 4.78 is 0. The normalized spacial score (nSPS) is 19.6. The average Bonchev–Trinajstić information content (AvgIpc) is 2.62. The minimum Gasteiger partial charge on any atom is -0.356 e. The minimum absolute atomic E-state index is 0.0248. The first-order chi connectivity index (χ1) is 9.24. The van der Waals surface area contributed by atoms with Crippen LogP contribution < -0.4 is 5.32 Å². The molecule has 1 N–H and O–H groups in total. The molecule has 108 valence electrons. The lowest BCUT2D eigenvalue weighted by Crippen LogP contribution is -2.24. The Bertz CT molecular complexity index is 299. The Labute approximate surface area is 116 Å². The summed E-state index contributed by atoms with van der Waals surface area (Å²) in [6, 6.07) is 0. The number of unbranched alkanes of at least 4 members (excludes halogenated alkanes) is 5. The van der Waals surface area contributed by atoms with Gasteiger partial charge in [0.25, 0.3) is 0 Å². The average molecular weight is 265 g/mol. The molecule has 1 aliphatic heterocycles. The number of carbonyl (C=O) groups is 2. The van der Waals surface area contributed by atoms with E-state index in [-0.39, 0.29) is 11.8 Å². The van der Waals surface area contributed by atoms with Crippen molar-refractivity contribution in [2.45, 2.75) is 64.2 Å². The molecule has 0 aliphatic carbocycles. The lowest BCUT2D eigenvalue weighted by molar-refractivity contribution is -0.128. The predicted molar refractivity (Wildman–Crippen MR) is 77.9 cm³/mol. The summed E-state index contributed by atoms with van der Waals surface area (Å²) in [5.74, 6) is 0.312. The van der Waals surface area contributed by atoms with Crippen LogP contribution in [0.3, 0.4) is 0 Å². The van der Waals surface area contributed by atoms with Gasteiger partial charge in [-0.25, -0.2) is 0 Å². The monoisotopic (exact) mass is 265 g/mol. The van der Waals surface area contributed by atoms with Gasteiger partial charge in [-0.3, -0.25) is 9.59 Å². The van der Waals surface area contributed by atoms with Crippen LogP contribution in [0.4, 0.5) is 0 Å². The minimum atomic E-state index is -0.0248. The molecule has 1 heterocycles. The van der Waals surface area contributed by atoms with Crippen molar-refractivity contribution in [1.82, 2.24) is 5.32 Å². The molecule has 3 nitrogen and oxygen atoms in total. The van der Waals surface area contributed by atoms with Gasteiger partial charge in [0.1, 0.15) is 5.78 Å². The summed E-state index contributed by atoms with van der Waals surface area (Å²) in [7, 11) is 0. The highest BCUT2D eigenvalue weighted by molar-refractivity contribution is 5.87. The topological polar surface area (TPSA) is 46.2 Å². The largest absolute Gasteiger partial charge is 0.356 e. The van der Waals surface area contributed by atoms with Crippen molar-refractivity contribution in [1.29, 1.82) is 0 Å². The van der Waals surface area contributed by atoms with Gasteiger partial charge in [0.05, 0.1) is 0 Å². The van der Waals surface area contributed by atoms with E-state index in [1.807, 2.05) is 6.08 Å². The number of amides is 1. The Kier molecular flexibility index (Phi) is 8.19. The number of Topliss-reactive ketones (excluding diaryl/α,β-unsaturated/α-hetero) is 1. The molecule has 1 amide bonds. The third-order valence-electron chi connectivity index (χ3n) is 3.77. The highest BCUT2D eigenvalue weighted by atomic mass is 16.2. The van der Waals surface area contributed by atoms with E-state index in [2.05, 4.69) is 11.9 Å². The summed E-state index contributed by atoms with van der Waals surface area (Å²) in [5, 5.41) is 2.83. The van der Waals surface area contributed by atoms with Crippen molar-refractivity contribution >= 4 is 11.7 Å². The SMILES string of the molecule is C=CCCCCCCCC(=O)C1CCCNC(=O)C1. The highest BCUT2D eigenvalue weighted by Gasteiger charge is 2.23. The Balaban J connectivity index is 2.09. The molecule has 1 rings (SSSR count). The van der Waals surface area contributed by atoms with Crippen LogP contribution in [0.5, 0.6) is 0 Å². The molecule has 1 saturated heterocycles. The summed E-state index contributed by atoms with van der Waals surface area (Å²) >= 11 is 0. The molecule has 1 aliphatic rings. The summed E-state index contributed by atoms with van der Waals surface area (Å²) in [6.45, 7) is 4.43. The molecular weight excluding hydrogens is 238 g/mol. The van der Waals surface area contributed by atoms with Crippen molar-refractivity contribution < 1.29 is 9.59 Å². The molecule has 3 heteroatoms. The van der Waals surface area contributed by atoms with Crippen molar-refractivity contribution in [3.63, 3.8) is 0 Å². The second-order valence-corrected chi connectivity index (χ2v) is 5.45. The first-order valence-corrected chi connectivity index (χ1v) is 7.64. The van der Waals surface area contributed by atoms with Crippen molar-refractivity contribution in [2.24, 2.45) is 5.92 Å². The lowest BCUT2D eigenvalue weighted by Gasteiger charge is -2.11. The molecule has 0 aromatic rings. The summed E-state index contributed by atoms with van der Waals surface area (Å²) in [4.78, 5) is 23.4. The Morgan fingerprint density at radius 3 is 2.79 bits per heavy atom. The van der Waals surface area contributed by atoms with Crippen LogP contribution in [0.15, 0.2) is 12.7 Å². The molecule has 0 radical (unpaired) electrons. The molecule has 0 spiro atoms. The zero-order chi connectivity index (χ0) is 13.9. The quantitative estimate of drug-likeness (QED) is 0.513. The smallest absolute Gasteiger partial charge is 0.220 e. The van der Waals surface area contributed by atoms with Crippen LogP contribution in [0.1, 0.15) is 64.2 Å². The van der Waals surface area contributed by atoms with E-state index in [0.29, 0.717) is 18.6 Å². The van der Waals surface area contributed by atoms with Crippen LogP contribution >= 0.6 is 0 Å². The van der Waals surface area contributed by atoms with Gasteiger partial charge in [0.15, 0.2) is 0 Å². The summed E-state index contributed by atoms with van der Waals surface area (Å²) in [6.07, 6.45) is 11.7. The molecule has 19 heavy (non-hydrogen) atoms. The van der Waals surface area contributed by atoms with Gasteiger partial charge in [-0.05, 0) is 32.1 Å². The van der Waals surface area contributed by atoms with Crippen molar-refractivity contribution in [3.05, 3.63) is 12.7 Å². The van der Waals surface area contributed by atoms with Gasteiger partial charge in [0.2, 0.25) is 5.91 Å². The lowest BCUT2D eigenvalue weighted by atomic mass is 9.92. The fourth-order valence-electron chi connectivity index (χ4n) is 2.57. The van der Waals surface area contributed by atoms with Crippen LogP contribution in [0.2, 0.25) is 0 Å². The van der Waals surface area contributed by atoms with E-state index >= 15 is 0 Å². The van der Waals surface area contributed by atoms with Crippen LogP contribution in [0, 0.1) is 5.92 Å². The van der Waals surface area contributed by atoms with Gasteiger partial charge in [-0.2, -0.15) is 0 Å². The first kappa shape index (κ1) is 15.9. The third-order valence-corrected chi connectivity index (χ3v) is 3.77. The molecule has 1 atom stereocenters. The van der Waals surface area contributed by atoms with Crippen LogP contribution in [-0.2, 0) is 9.59 Å². The highest BCUT2D eigenvalue weighted by Crippen LogP contribution is 2.19. The second-order valence-electron chi connectivity index (χ2n) is 5.45. The Hall–Kier alpha value is -1.12. The van der Waals surface area contributed by atoms with Gasteiger partial charge in [0, 0.05) is 25.3 Å². The maximum Gasteiger partial charge on any atom is 0.220 e. The number of carbonyl (C=O) groups excluding carboxylic acids is 2. The van der Waals surface area contributed by atoms with Crippen LogP contribution in [0.25, 0.3) is 0 Å². The van der Waals surface area contributed by atoms with Gasteiger partial charge in [-0.1, -0.05) is 25.3 Å². The number of hydrogen-bond donors (Lipinski definition) is 1. The number of nitrogens with one attached hydrogen (secondary N) is 1. The van der Waals surface area contributed by atoms with Crippen molar-refractivity contribution in [3.8, 4) is 0 Å². The molecule has 0 aromatic carbocycles. The van der Waals surface area contributed by atoms with Crippen LogP contribution in [-0.4, -0.2) is 18.2 Å². The molecule has 1 fully saturated rings. The predicted octanol–water partition coefficient (Wildman–Crippen LogP) is 3.39. The number of hydrogen-bond acceptors (Lipinski definition) is 2. The van der Waals surface area contributed by atoms with E-state index in [4.69, 9.17) is 0 Å². The van der Waals surface area contributed by atoms with Gasteiger partial charge >= 0.3 is 0 Å². The van der Waals surface area contributed by atoms with Crippen molar-refractivity contribution in [2.75, 3.05) is 6.54 Å². The summed E-state index contributed by atoms with van der Waals surface area (Å²) in [5.41, 5.74) is 0. The Morgan fingerprint density at radius 1 is 1.26 bits per heavy atom. The fraction of sp³-hybridized carbons (Fsp3) is 0.750. The Morgan fingerprint density at radius 2 is 2.00 bits per heavy atom. The fourth-order valence-corrected chi connectivity index (χ4v) is 2.57. The standard InChI is InChI=1S/C16H27NO2/c1-2-3-4-5-6-7-8-11-15(18)14-10-9-12-17-16(19)13-14/h2,14H,1,3-13H2,(H,17,19). The van der Waals surface area contributed by atoms with E-state index in [1.54, 1.807) is 0 Å². The third kappa shape index (κ3) is 7.14. The zero-order valence-corrected chi connectivity index (χ0v) is 12.0. The number of ketones is 1. The number of rotatable bonds is 9. The second kappa shape index (κ2) is 9.76. The van der Waals surface area contributed by atoms with Gasteiger partial charge < -0.3 is 5.32 Å². The molecule has 0 bridgehead atoms. The molecule has 0 aromatic heterocycles. The molecule has 0 saturated carbocycles. The number of allylic oxidation sites excluding steroid dienone is 1. The maximum absolute atomic E-state index is 12.0. The van der Waals surface area contributed by atoms with E-state index in [1.165, 1.54) is 19.3 Å². The zero-order valence-electron chi connectivity index (χ0n) is 12.0. The first-order valence-electron chi connectivity index (χ1n) is 7.64. The molecular formula is C16H27NO2. The van der Waals surface area contributed by atoms with Gasteiger partial charge in [-0.15, -0.1) is 6.58 Å². The molecule has 1 unspecified atom stereocenters.